The maximum Gasteiger partial charge on any atom is 0.243 e. The number of hydrogen-bond donors (Lipinski definition) is 0. The van der Waals surface area contributed by atoms with Gasteiger partial charge in [-0.2, -0.15) is 0 Å². The van der Waals surface area contributed by atoms with E-state index in [9.17, 15) is 14.4 Å². The van der Waals surface area contributed by atoms with Crippen molar-refractivity contribution in [1.82, 2.24) is 9.80 Å². The fourth-order valence-corrected chi connectivity index (χ4v) is 1.28. The predicted octanol–water partition coefficient (Wildman–Crippen LogP) is -0.488. The van der Waals surface area contributed by atoms with Gasteiger partial charge >= 0.3 is 0 Å². The van der Waals surface area contributed by atoms with Gasteiger partial charge < -0.3 is 9.80 Å². The van der Waals surface area contributed by atoms with E-state index < -0.39 is 0 Å². The molecule has 0 atom stereocenters. The Morgan fingerprint density at radius 3 is 2.40 bits per heavy atom. The van der Waals surface area contributed by atoms with Crippen molar-refractivity contribution in [1.29, 1.82) is 0 Å². The van der Waals surface area contributed by atoms with Crippen LogP contribution in [0.2, 0.25) is 0 Å². The second-order valence-electron chi connectivity index (χ2n) is 4.12. The van der Waals surface area contributed by atoms with Gasteiger partial charge in [-0.3, -0.25) is 14.4 Å². The molecule has 0 saturated carbocycles. The monoisotopic (exact) mass is 212 g/mol. The van der Waals surface area contributed by atoms with Crippen LogP contribution in [0.3, 0.4) is 0 Å². The van der Waals surface area contributed by atoms with E-state index in [4.69, 9.17) is 0 Å². The first-order chi connectivity index (χ1) is 6.91. The fourth-order valence-electron chi connectivity index (χ4n) is 1.28. The molecular formula is C10H16N2O3. The molecular weight excluding hydrogens is 196 g/mol. The van der Waals surface area contributed by atoms with Crippen molar-refractivity contribution in [2.75, 3.05) is 26.7 Å². The summed E-state index contributed by atoms with van der Waals surface area (Å²) in [6, 6.07) is 0. The van der Waals surface area contributed by atoms with Crippen LogP contribution in [0, 0.1) is 5.92 Å². The Labute approximate surface area is 89.0 Å². The average Bonchev–Trinajstić information content (AvgIpc) is 2.13. The lowest BCUT2D eigenvalue weighted by Crippen LogP contribution is -2.53. The highest BCUT2D eigenvalue weighted by Crippen LogP contribution is 2.05. The molecule has 0 aliphatic carbocycles. The summed E-state index contributed by atoms with van der Waals surface area (Å²) in [5.74, 6) is -0.398. The molecule has 1 fully saturated rings. The third kappa shape index (κ3) is 2.78. The van der Waals surface area contributed by atoms with Crippen molar-refractivity contribution in [2.24, 2.45) is 5.92 Å². The fraction of sp³-hybridized carbons (Fsp3) is 0.700. The maximum atomic E-state index is 11.5. The summed E-state index contributed by atoms with van der Waals surface area (Å²) in [5, 5.41) is 0. The number of nitrogens with zero attached hydrogens (tertiary/aromatic N) is 2. The molecule has 1 saturated heterocycles. The van der Waals surface area contributed by atoms with Crippen LogP contribution in [-0.2, 0) is 14.4 Å². The number of ketones is 1. The summed E-state index contributed by atoms with van der Waals surface area (Å²) in [7, 11) is 1.59. The first-order valence-electron chi connectivity index (χ1n) is 4.96. The molecule has 0 aromatic carbocycles. The van der Waals surface area contributed by atoms with Gasteiger partial charge in [-0.25, -0.2) is 0 Å². The Bertz CT molecular complexity index is 299. The first kappa shape index (κ1) is 11.7. The van der Waals surface area contributed by atoms with Crippen LogP contribution in [0.4, 0.5) is 0 Å². The second-order valence-corrected chi connectivity index (χ2v) is 4.12. The molecule has 1 aliphatic heterocycles. The molecule has 2 amide bonds. The summed E-state index contributed by atoms with van der Waals surface area (Å²) in [5.41, 5.74) is 0. The van der Waals surface area contributed by atoms with Crippen LogP contribution in [0.1, 0.15) is 13.8 Å². The molecule has 1 heterocycles. The quantitative estimate of drug-likeness (QED) is 0.634. The summed E-state index contributed by atoms with van der Waals surface area (Å²) in [6.07, 6.45) is 0. The van der Waals surface area contributed by atoms with E-state index in [1.54, 1.807) is 20.9 Å². The number of carbonyl (C=O) groups is 3. The molecule has 5 heteroatoms. The molecule has 1 rings (SSSR count). The van der Waals surface area contributed by atoms with Gasteiger partial charge in [-0.05, 0) is 0 Å². The topological polar surface area (TPSA) is 57.7 Å². The van der Waals surface area contributed by atoms with E-state index in [1.807, 2.05) is 0 Å². The van der Waals surface area contributed by atoms with Crippen molar-refractivity contribution in [3.8, 4) is 0 Å². The number of hydrogen-bond acceptors (Lipinski definition) is 3. The van der Waals surface area contributed by atoms with Crippen LogP contribution in [-0.4, -0.2) is 54.1 Å². The van der Waals surface area contributed by atoms with Crippen LogP contribution >= 0.6 is 0 Å². The Morgan fingerprint density at radius 2 is 1.87 bits per heavy atom. The molecule has 0 aromatic heterocycles. The van der Waals surface area contributed by atoms with Crippen LogP contribution < -0.4 is 0 Å². The lowest BCUT2D eigenvalue weighted by atomic mass is 10.1. The van der Waals surface area contributed by atoms with Gasteiger partial charge in [0.25, 0.3) is 0 Å². The number of rotatable bonds is 3. The zero-order chi connectivity index (χ0) is 11.6. The van der Waals surface area contributed by atoms with Crippen LogP contribution in [0.25, 0.3) is 0 Å². The molecule has 0 radical (unpaired) electrons. The Balaban J connectivity index is 2.59. The molecule has 0 spiro atoms. The molecule has 0 unspecified atom stereocenters. The van der Waals surface area contributed by atoms with E-state index in [-0.39, 0.29) is 43.1 Å². The second kappa shape index (κ2) is 4.42. The molecule has 0 aromatic rings. The van der Waals surface area contributed by atoms with Crippen molar-refractivity contribution in [3.63, 3.8) is 0 Å². The normalized spacial score (nSPS) is 17.6. The molecule has 5 nitrogen and oxygen atoms in total. The summed E-state index contributed by atoms with van der Waals surface area (Å²) >= 11 is 0. The molecule has 15 heavy (non-hydrogen) atoms. The third-order valence-electron chi connectivity index (χ3n) is 2.47. The molecule has 0 bridgehead atoms. The van der Waals surface area contributed by atoms with Gasteiger partial charge in [0.2, 0.25) is 11.8 Å². The van der Waals surface area contributed by atoms with E-state index in [0.717, 1.165) is 0 Å². The summed E-state index contributed by atoms with van der Waals surface area (Å²) in [6.45, 7) is 3.71. The van der Waals surface area contributed by atoms with E-state index in [1.165, 1.54) is 9.80 Å². The predicted molar refractivity (Wildman–Crippen MR) is 54.1 cm³/mol. The standard InChI is InChI=1S/C10H16N2O3/c1-7(2)8(13)4-12-6-9(14)11(3)5-10(12)15/h7H,4-6H2,1-3H3. The Hall–Kier alpha value is -1.39. The van der Waals surface area contributed by atoms with Gasteiger partial charge in [0.05, 0.1) is 13.1 Å². The largest absolute Gasteiger partial charge is 0.335 e. The number of amides is 2. The van der Waals surface area contributed by atoms with Gasteiger partial charge in [0.15, 0.2) is 5.78 Å². The maximum absolute atomic E-state index is 11.5. The van der Waals surface area contributed by atoms with Gasteiger partial charge in [0.1, 0.15) is 6.54 Å². The van der Waals surface area contributed by atoms with Crippen LogP contribution in [0.15, 0.2) is 0 Å². The van der Waals surface area contributed by atoms with Gasteiger partial charge in [-0.1, -0.05) is 13.8 Å². The van der Waals surface area contributed by atoms with E-state index in [2.05, 4.69) is 0 Å². The number of likely N-dealkylation sites (N-methyl/N-ethyl adjacent to an activating group) is 1. The number of Topliss-reactive ketones (excluding diaryl/α,β-unsaturated/α-hetero) is 1. The third-order valence-corrected chi connectivity index (χ3v) is 2.47. The number of piperazine rings is 1. The highest BCUT2D eigenvalue weighted by Gasteiger charge is 2.28. The minimum atomic E-state index is -0.161. The zero-order valence-electron chi connectivity index (χ0n) is 9.32. The van der Waals surface area contributed by atoms with E-state index in [0.29, 0.717) is 0 Å². The van der Waals surface area contributed by atoms with Crippen LogP contribution in [0.5, 0.6) is 0 Å². The van der Waals surface area contributed by atoms with Crippen molar-refractivity contribution in [2.45, 2.75) is 13.8 Å². The Morgan fingerprint density at radius 1 is 1.27 bits per heavy atom. The highest BCUT2D eigenvalue weighted by molar-refractivity contribution is 5.95. The van der Waals surface area contributed by atoms with Crippen molar-refractivity contribution in [3.05, 3.63) is 0 Å². The highest BCUT2D eigenvalue weighted by atomic mass is 16.2. The first-order valence-corrected chi connectivity index (χ1v) is 4.96. The lowest BCUT2D eigenvalue weighted by molar-refractivity contribution is -0.150. The smallest absolute Gasteiger partial charge is 0.243 e. The summed E-state index contributed by atoms with van der Waals surface area (Å²) in [4.78, 5) is 36.9. The van der Waals surface area contributed by atoms with Crippen molar-refractivity contribution >= 4 is 17.6 Å². The Kier molecular flexibility index (Phi) is 3.44. The SMILES string of the molecule is CC(C)C(=O)CN1CC(=O)N(C)CC1=O. The lowest BCUT2D eigenvalue weighted by Gasteiger charge is -2.31. The average molecular weight is 212 g/mol. The van der Waals surface area contributed by atoms with Gasteiger partial charge in [0, 0.05) is 13.0 Å². The molecule has 1 aliphatic rings. The van der Waals surface area contributed by atoms with Gasteiger partial charge in [-0.15, -0.1) is 0 Å². The van der Waals surface area contributed by atoms with Crippen molar-refractivity contribution < 1.29 is 14.4 Å². The summed E-state index contributed by atoms with van der Waals surface area (Å²) < 4.78 is 0. The zero-order valence-corrected chi connectivity index (χ0v) is 9.32. The molecule has 0 N–H and O–H groups in total. The minimum absolute atomic E-state index is 0.0132. The van der Waals surface area contributed by atoms with E-state index >= 15 is 0 Å². The number of carbonyl (C=O) groups excluding carboxylic acids is 3. The minimum Gasteiger partial charge on any atom is -0.335 e. The molecule has 84 valence electrons.